The maximum Gasteiger partial charge on any atom is 0.229 e. The SMILES string of the molecule is O=C(Nc1ccc(Br)cc1)C1CCCN(c2cc(-n3cncn3)ncn2)C1. The number of hydrogen-bond acceptors (Lipinski definition) is 6. The molecule has 0 spiro atoms. The van der Waals surface area contributed by atoms with Gasteiger partial charge in [-0.2, -0.15) is 5.10 Å². The Morgan fingerprint density at radius 1 is 1.15 bits per heavy atom. The minimum absolute atomic E-state index is 0.0348. The van der Waals surface area contributed by atoms with E-state index in [0.29, 0.717) is 12.4 Å². The number of carbonyl (C=O) groups excluding carboxylic acids is 1. The maximum absolute atomic E-state index is 12.7. The van der Waals surface area contributed by atoms with Crippen molar-refractivity contribution in [3.63, 3.8) is 0 Å². The topological polar surface area (TPSA) is 88.8 Å². The number of anilines is 2. The molecule has 9 heteroatoms. The van der Waals surface area contributed by atoms with Gasteiger partial charge < -0.3 is 10.2 Å². The van der Waals surface area contributed by atoms with E-state index >= 15 is 0 Å². The molecule has 3 heterocycles. The lowest BCUT2D eigenvalue weighted by molar-refractivity contribution is -0.120. The van der Waals surface area contributed by atoms with E-state index in [4.69, 9.17) is 0 Å². The van der Waals surface area contributed by atoms with E-state index in [1.54, 1.807) is 11.0 Å². The van der Waals surface area contributed by atoms with Gasteiger partial charge in [-0.1, -0.05) is 15.9 Å². The fourth-order valence-corrected chi connectivity index (χ4v) is 3.40. The van der Waals surface area contributed by atoms with Crippen molar-refractivity contribution < 1.29 is 4.79 Å². The number of nitrogens with zero attached hydrogens (tertiary/aromatic N) is 6. The number of carbonyl (C=O) groups is 1. The van der Waals surface area contributed by atoms with E-state index in [9.17, 15) is 4.79 Å². The zero-order valence-corrected chi connectivity index (χ0v) is 16.1. The first-order valence-electron chi connectivity index (χ1n) is 8.67. The second kappa shape index (κ2) is 7.83. The highest BCUT2D eigenvalue weighted by Crippen LogP contribution is 2.24. The molecule has 0 aliphatic carbocycles. The minimum Gasteiger partial charge on any atom is -0.356 e. The fraction of sp³-hybridized carbons (Fsp3) is 0.278. The van der Waals surface area contributed by atoms with Crippen LogP contribution in [0.1, 0.15) is 12.8 Å². The summed E-state index contributed by atoms with van der Waals surface area (Å²) < 4.78 is 2.57. The molecule has 1 fully saturated rings. The number of halogens is 1. The van der Waals surface area contributed by atoms with Crippen LogP contribution in [0, 0.1) is 5.92 Å². The van der Waals surface area contributed by atoms with Crippen LogP contribution in [0.3, 0.4) is 0 Å². The van der Waals surface area contributed by atoms with Crippen molar-refractivity contribution in [1.29, 1.82) is 0 Å². The van der Waals surface area contributed by atoms with Crippen molar-refractivity contribution >= 4 is 33.3 Å². The number of benzene rings is 1. The summed E-state index contributed by atoms with van der Waals surface area (Å²) in [6.07, 6.45) is 6.36. The largest absolute Gasteiger partial charge is 0.356 e. The number of nitrogens with one attached hydrogen (secondary N) is 1. The molecule has 1 N–H and O–H groups in total. The van der Waals surface area contributed by atoms with Crippen LogP contribution in [-0.4, -0.2) is 43.7 Å². The van der Waals surface area contributed by atoms with Crippen LogP contribution in [0.15, 0.2) is 53.8 Å². The Kier molecular flexibility index (Phi) is 5.10. The average molecular weight is 428 g/mol. The molecule has 1 unspecified atom stereocenters. The summed E-state index contributed by atoms with van der Waals surface area (Å²) in [5, 5.41) is 7.10. The van der Waals surface area contributed by atoms with Crippen molar-refractivity contribution in [1.82, 2.24) is 24.7 Å². The van der Waals surface area contributed by atoms with E-state index in [-0.39, 0.29) is 11.8 Å². The van der Waals surface area contributed by atoms with Gasteiger partial charge in [-0.05, 0) is 37.1 Å². The second-order valence-electron chi connectivity index (χ2n) is 6.36. The molecule has 1 aliphatic heterocycles. The summed E-state index contributed by atoms with van der Waals surface area (Å²) in [6.45, 7) is 1.48. The number of amides is 1. The summed E-state index contributed by atoms with van der Waals surface area (Å²) in [5.41, 5.74) is 0.802. The van der Waals surface area contributed by atoms with E-state index in [1.165, 1.54) is 12.7 Å². The van der Waals surface area contributed by atoms with Gasteiger partial charge in [0, 0.05) is 29.3 Å². The monoisotopic (exact) mass is 427 g/mol. The van der Waals surface area contributed by atoms with Crippen molar-refractivity contribution in [3.05, 3.63) is 53.8 Å². The number of piperidine rings is 1. The van der Waals surface area contributed by atoms with Crippen LogP contribution in [0.25, 0.3) is 5.82 Å². The number of aromatic nitrogens is 5. The van der Waals surface area contributed by atoms with Crippen molar-refractivity contribution in [3.8, 4) is 5.82 Å². The molecule has 1 amide bonds. The molecule has 2 aromatic heterocycles. The summed E-state index contributed by atoms with van der Waals surface area (Å²) in [6, 6.07) is 9.46. The van der Waals surface area contributed by atoms with Crippen LogP contribution >= 0.6 is 15.9 Å². The lowest BCUT2D eigenvalue weighted by atomic mass is 9.97. The van der Waals surface area contributed by atoms with Gasteiger partial charge in [-0.3, -0.25) is 4.79 Å². The Morgan fingerprint density at radius 2 is 1.96 bits per heavy atom. The smallest absolute Gasteiger partial charge is 0.229 e. The predicted octanol–water partition coefficient (Wildman–Crippen LogP) is 2.67. The quantitative estimate of drug-likeness (QED) is 0.688. The van der Waals surface area contributed by atoms with Crippen LogP contribution in [0.4, 0.5) is 11.5 Å². The molecule has 1 atom stereocenters. The molecule has 27 heavy (non-hydrogen) atoms. The molecule has 0 bridgehead atoms. The molecule has 0 saturated carbocycles. The van der Waals surface area contributed by atoms with Gasteiger partial charge in [-0.25, -0.2) is 19.6 Å². The summed E-state index contributed by atoms with van der Waals surface area (Å²) >= 11 is 3.40. The van der Waals surface area contributed by atoms with Gasteiger partial charge in [0.05, 0.1) is 5.92 Å². The van der Waals surface area contributed by atoms with Crippen LogP contribution in [0.5, 0.6) is 0 Å². The van der Waals surface area contributed by atoms with E-state index in [0.717, 1.165) is 35.4 Å². The Labute approximate surface area is 164 Å². The third-order valence-electron chi connectivity index (χ3n) is 4.52. The summed E-state index contributed by atoms with van der Waals surface area (Å²) in [4.78, 5) is 27.4. The molecule has 1 aliphatic rings. The molecule has 138 valence electrons. The highest BCUT2D eigenvalue weighted by atomic mass is 79.9. The van der Waals surface area contributed by atoms with Gasteiger partial charge in [0.15, 0.2) is 5.82 Å². The van der Waals surface area contributed by atoms with Gasteiger partial charge in [0.2, 0.25) is 5.91 Å². The Hall–Kier alpha value is -2.81. The average Bonchev–Trinajstić information content (AvgIpc) is 3.25. The van der Waals surface area contributed by atoms with Gasteiger partial charge in [-0.15, -0.1) is 0 Å². The lowest BCUT2D eigenvalue weighted by Crippen LogP contribution is -2.41. The van der Waals surface area contributed by atoms with E-state index < -0.39 is 0 Å². The molecule has 4 rings (SSSR count). The first-order chi connectivity index (χ1) is 13.2. The molecule has 0 radical (unpaired) electrons. The molecule has 8 nitrogen and oxygen atoms in total. The molecule has 1 saturated heterocycles. The Bertz CT molecular complexity index is 914. The third-order valence-corrected chi connectivity index (χ3v) is 5.05. The second-order valence-corrected chi connectivity index (χ2v) is 7.27. The van der Waals surface area contributed by atoms with Gasteiger partial charge in [0.25, 0.3) is 0 Å². The third kappa shape index (κ3) is 4.13. The molecule has 3 aromatic rings. The number of hydrogen-bond donors (Lipinski definition) is 1. The summed E-state index contributed by atoms with van der Waals surface area (Å²) in [5.74, 6) is 1.38. The van der Waals surface area contributed by atoms with Crippen LogP contribution < -0.4 is 10.2 Å². The van der Waals surface area contributed by atoms with Gasteiger partial charge in [0.1, 0.15) is 24.8 Å². The number of rotatable bonds is 4. The highest BCUT2D eigenvalue weighted by molar-refractivity contribution is 9.10. The van der Waals surface area contributed by atoms with Crippen molar-refractivity contribution in [2.45, 2.75) is 12.8 Å². The molecular weight excluding hydrogens is 410 g/mol. The van der Waals surface area contributed by atoms with Gasteiger partial charge >= 0.3 is 0 Å². The van der Waals surface area contributed by atoms with E-state index in [2.05, 4.69) is 46.2 Å². The highest BCUT2D eigenvalue weighted by Gasteiger charge is 2.27. The zero-order valence-electron chi connectivity index (χ0n) is 14.5. The van der Waals surface area contributed by atoms with Crippen LogP contribution in [0.2, 0.25) is 0 Å². The first kappa shape index (κ1) is 17.6. The predicted molar refractivity (Wildman–Crippen MR) is 105 cm³/mol. The Balaban J connectivity index is 1.45. The van der Waals surface area contributed by atoms with Crippen molar-refractivity contribution in [2.75, 3.05) is 23.3 Å². The molecule has 1 aromatic carbocycles. The lowest BCUT2D eigenvalue weighted by Gasteiger charge is -2.32. The summed E-state index contributed by atoms with van der Waals surface area (Å²) in [7, 11) is 0. The normalized spacial score (nSPS) is 16.9. The van der Waals surface area contributed by atoms with E-state index in [1.807, 2.05) is 30.3 Å². The zero-order chi connectivity index (χ0) is 18.6. The Morgan fingerprint density at radius 3 is 2.74 bits per heavy atom. The standard InChI is InChI=1S/C18H18BrN7O/c19-14-3-5-15(6-4-14)24-18(27)13-2-1-7-25(9-13)16-8-17(22-11-21-16)26-12-20-10-23-26/h3-6,8,10-13H,1-2,7,9H2,(H,24,27). The first-order valence-corrected chi connectivity index (χ1v) is 9.47. The fourth-order valence-electron chi connectivity index (χ4n) is 3.14. The maximum atomic E-state index is 12.7. The molecular formula is C18H18BrN7O. The minimum atomic E-state index is -0.0906. The van der Waals surface area contributed by atoms with Crippen molar-refractivity contribution in [2.24, 2.45) is 5.92 Å². The van der Waals surface area contributed by atoms with Crippen LogP contribution in [-0.2, 0) is 4.79 Å².